The van der Waals surface area contributed by atoms with Crippen molar-refractivity contribution in [3.05, 3.63) is 28.5 Å². The zero-order chi connectivity index (χ0) is 28.0. The van der Waals surface area contributed by atoms with E-state index in [-0.39, 0.29) is 59.1 Å². The molecule has 4 atom stereocenters. The highest BCUT2D eigenvalue weighted by Crippen LogP contribution is 2.51. The average molecular weight is 584 g/mol. The molecule has 11 heteroatoms. The molecule has 0 radical (unpaired) electrons. The van der Waals surface area contributed by atoms with Crippen LogP contribution in [0, 0.1) is 5.82 Å². The van der Waals surface area contributed by atoms with Gasteiger partial charge in [0.2, 0.25) is 5.88 Å². The third-order valence-corrected chi connectivity index (χ3v) is 10.1. The highest BCUT2D eigenvalue weighted by Gasteiger charge is 2.49. The molecule has 2 aliphatic carbocycles. The lowest BCUT2D eigenvalue weighted by atomic mass is 9.95. The Morgan fingerprint density at radius 3 is 2.85 bits per heavy atom. The number of hydrogen-bond acceptors (Lipinski definition) is 8. The van der Waals surface area contributed by atoms with Crippen molar-refractivity contribution in [2.75, 3.05) is 31.6 Å². The zero-order valence-corrected chi connectivity index (χ0v) is 23.6. The van der Waals surface area contributed by atoms with Gasteiger partial charge in [0, 0.05) is 30.6 Å². The number of pyridine rings is 1. The molecule has 1 N–H and O–H groups in total. The fourth-order valence-corrected chi connectivity index (χ4v) is 8.08. The van der Waals surface area contributed by atoms with E-state index in [9.17, 15) is 9.50 Å². The first-order chi connectivity index (χ1) is 19.8. The molecule has 1 aromatic carbocycles. The third-order valence-electron chi connectivity index (χ3n) is 9.81. The van der Waals surface area contributed by atoms with Gasteiger partial charge < -0.3 is 19.5 Å². The molecular weight excluding hydrogens is 552 g/mol. The second kappa shape index (κ2) is 9.26. The van der Waals surface area contributed by atoms with E-state index in [1.807, 2.05) is 11.9 Å². The fraction of sp³-hybridized carbons (Fsp3) is 0.567. The molecule has 8 rings (SSSR count). The van der Waals surface area contributed by atoms with Gasteiger partial charge >= 0.3 is 6.01 Å². The first-order valence-electron chi connectivity index (χ1n) is 14.7. The Hall–Kier alpha value is -2.98. The molecular formula is C30H32ClF2N5O3. The predicted molar refractivity (Wildman–Crippen MR) is 150 cm³/mol. The van der Waals surface area contributed by atoms with Gasteiger partial charge in [-0.05, 0) is 75.1 Å². The summed E-state index contributed by atoms with van der Waals surface area (Å²) in [5, 5.41) is 11.2. The summed E-state index contributed by atoms with van der Waals surface area (Å²) in [4.78, 5) is 18.3. The van der Waals surface area contributed by atoms with Crippen LogP contribution in [0.15, 0.2) is 12.1 Å². The van der Waals surface area contributed by atoms with Crippen LogP contribution in [0.2, 0.25) is 5.02 Å². The van der Waals surface area contributed by atoms with Crippen LogP contribution < -0.4 is 14.4 Å². The smallest absolute Gasteiger partial charge is 0.319 e. The number of phenolic OH excluding ortho intramolecular Hbond substituents is 1. The number of nitrogens with zero attached hydrogens (tertiary/aromatic N) is 5. The van der Waals surface area contributed by atoms with Crippen LogP contribution in [-0.4, -0.2) is 75.6 Å². The number of benzene rings is 1. The molecule has 4 fully saturated rings. The van der Waals surface area contributed by atoms with Crippen LogP contribution in [-0.2, 0) is 0 Å². The average Bonchev–Trinajstić information content (AvgIpc) is 3.44. The second-order valence-corrected chi connectivity index (χ2v) is 12.8. The van der Waals surface area contributed by atoms with Crippen LogP contribution in [0.5, 0.6) is 17.6 Å². The van der Waals surface area contributed by atoms with Crippen molar-refractivity contribution in [2.24, 2.45) is 0 Å². The molecule has 2 aromatic heterocycles. The number of halogens is 3. The van der Waals surface area contributed by atoms with Crippen LogP contribution in [0.1, 0.15) is 62.8 Å². The highest BCUT2D eigenvalue weighted by molar-refractivity contribution is 6.32. The maximum absolute atomic E-state index is 16.7. The summed E-state index contributed by atoms with van der Waals surface area (Å²) < 4.78 is 43.8. The minimum absolute atomic E-state index is 0.0403. The number of anilines is 1. The number of likely N-dealkylation sites (N-methyl/N-ethyl adjacent to an activating group) is 1. The summed E-state index contributed by atoms with van der Waals surface area (Å²) in [5.41, 5.74) is 0.926. The fourth-order valence-electron chi connectivity index (χ4n) is 7.71. The van der Waals surface area contributed by atoms with Gasteiger partial charge in [-0.15, -0.1) is 0 Å². The minimum atomic E-state index is -0.882. The number of fused-ring (bicyclic) bond motifs is 2. The Balaban J connectivity index is 1.29. The number of ether oxygens (including phenoxy) is 2. The lowest BCUT2D eigenvalue weighted by Gasteiger charge is -2.31. The summed E-state index contributed by atoms with van der Waals surface area (Å²) >= 11 is 6.58. The Kier molecular flexibility index (Phi) is 5.81. The Bertz CT molecular complexity index is 1570. The predicted octanol–water partition coefficient (Wildman–Crippen LogP) is 5.77. The van der Waals surface area contributed by atoms with Crippen LogP contribution >= 0.6 is 11.6 Å². The van der Waals surface area contributed by atoms with Crippen molar-refractivity contribution in [1.29, 1.82) is 0 Å². The van der Waals surface area contributed by atoms with Crippen molar-refractivity contribution in [2.45, 2.75) is 81.1 Å². The molecule has 2 saturated carbocycles. The number of hydrogen-bond donors (Lipinski definition) is 1. The molecule has 5 aliphatic rings. The second-order valence-electron chi connectivity index (χ2n) is 12.4. The van der Waals surface area contributed by atoms with Crippen molar-refractivity contribution in [3.63, 3.8) is 0 Å². The molecule has 0 amide bonds. The SMILES string of the molecule is CN1c2nc(OC[C@@]34CCCN3C[C@H](F)C4)nc3c(F)c(-c4cc(O)cc(Cl)c4C4CC4)nc(c23)OC2CCCC21. The number of aromatic nitrogens is 3. The van der Waals surface area contributed by atoms with Crippen LogP contribution in [0.25, 0.3) is 22.2 Å². The molecule has 5 heterocycles. The summed E-state index contributed by atoms with van der Waals surface area (Å²) in [6.45, 7) is 1.50. The van der Waals surface area contributed by atoms with Gasteiger partial charge in [-0.3, -0.25) is 4.90 Å². The van der Waals surface area contributed by atoms with Crippen molar-refractivity contribution >= 4 is 28.3 Å². The summed E-state index contributed by atoms with van der Waals surface area (Å²) in [7, 11) is 1.95. The monoisotopic (exact) mass is 583 g/mol. The van der Waals surface area contributed by atoms with Crippen LogP contribution in [0.3, 0.4) is 0 Å². The molecule has 3 aliphatic heterocycles. The molecule has 3 aromatic rings. The topological polar surface area (TPSA) is 83.8 Å². The molecule has 2 unspecified atom stereocenters. The summed E-state index contributed by atoms with van der Waals surface area (Å²) in [6.07, 6.45) is 5.88. The van der Waals surface area contributed by atoms with E-state index in [1.165, 1.54) is 12.1 Å². The third kappa shape index (κ3) is 4.04. The molecule has 0 spiro atoms. The van der Waals surface area contributed by atoms with E-state index in [0.717, 1.165) is 57.1 Å². The van der Waals surface area contributed by atoms with Crippen LogP contribution in [0.4, 0.5) is 14.6 Å². The lowest BCUT2D eigenvalue weighted by molar-refractivity contribution is 0.107. The largest absolute Gasteiger partial charge is 0.508 e. The lowest BCUT2D eigenvalue weighted by Crippen LogP contribution is -2.43. The zero-order valence-electron chi connectivity index (χ0n) is 22.9. The minimum Gasteiger partial charge on any atom is -0.508 e. The first-order valence-corrected chi connectivity index (χ1v) is 15.0. The summed E-state index contributed by atoms with van der Waals surface area (Å²) in [6, 6.07) is 3.11. The quantitative estimate of drug-likeness (QED) is 0.405. The van der Waals surface area contributed by atoms with E-state index in [0.29, 0.717) is 34.8 Å². The maximum atomic E-state index is 16.7. The van der Waals surface area contributed by atoms with Gasteiger partial charge in [-0.25, -0.2) is 13.8 Å². The number of rotatable bonds is 5. The van der Waals surface area contributed by atoms with Crippen molar-refractivity contribution in [3.8, 4) is 28.9 Å². The van der Waals surface area contributed by atoms with Gasteiger partial charge in [0.1, 0.15) is 47.0 Å². The molecule has 0 bridgehead atoms. The van der Waals surface area contributed by atoms with Gasteiger partial charge in [0.25, 0.3) is 0 Å². The molecule has 2 saturated heterocycles. The van der Waals surface area contributed by atoms with Gasteiger partial charge in [-0.2, -0.15) is 9.97 Å². The Labute approximate surface area is 241 Å². The number of phenols is 1. The summed E-state index contributed by atoms with van der Waals surface area (Å²) in [5.74, 6) is 0.264. The number of alkyl halides is 1. The number of aromatic hydroxyl groups is 1. The molecule has 8 nitrogen and oxygen atoms in total. The van der Waals surface area contributed by atoms with Crippen molar-refractivity contribution in [1.82, 2.24) is 19.9 Å². The van der Waals surface area contributed by atoms with E-state index >= 15 is 4.39 Å². The maximum Gasteiger partial charge on any atom is 0.319 e. The molecule has 41 heavy (non-hydrogen) atoms. The van der Waals surface area contributed by atoms with E-state index in [1.54, 1.807) is 0 Å². The van der Waals surface area contributed by atoms with Gasteiger partial charge in [-0.1, -0.05) is 11.6 Å². The van der Waals surface area contributed by atoms with Gasteiger partial charge in [0.15, 0.2) is 5.82 Å². The molecule has 216 valence electrons. The van der Waals surface area contributed by atoms with Crippen molar-refractivity contribution < 1.29 is 23.4 Å². The highest BCUT2D eigenvalue weighted by atomic mass is 35.5. The van der Waals surface area contributed by atoms with Gasteiger partial charge in [0.05, 0.1) is 11.6 Å². The van der Waals surface area contributed by atoms with E-state index < -0.39 is 12.0 Å². The Morgan fingerprint density at radius 1 is 1.17 bits per heavy atom. The standard InChI is InChI=1S/C30H32ClF2N5O3/c1-37-20-4-2-5-21(20)41-28-23-26(24(33)25(34-28)18-10-17(39)11-19(31)22(18)15-6-7-15)35-29(36-27(23)37)40-14-30-8-3-9-38(30)13-16(32)12-30/h10-11,15-16,20-21,39H,2-9,12-14H2,1H3/t16-,20?,21?,30+/m1/s1. The first kappa shape index (κ1) is 25.7. The van der Waals surface area contributed by atoms with E-state index in [4.69, 9.17) is 31.0 Å². The normalized spacial score (nSPS) is 29.0. The van der Waals surface area contributed by atoms with E-state index in [2.05, 4.69) is 9.88 Å². The Morgan fingerprint density at radius 2 is 2.02 bits per heavy atom.